The van der Waals surface area contributed by atoms with Crippen molar-refractivity contribution in [1.82, 2.24) is 4.90 Å². The number of aliphatic carboxylic acids is 1. The third-order valence-electron chi connectivity index (χ3n) is 2.88. The summed E-state index contributed by atoms with van der Waals surface area (Å²) in [6.45, 7) is 2.23. The first-order valence-corrected chi connectivity index (χ1v) is 6.75. The number of hydrogen-bond donors (Lipinski definition) is 2. The maximum atomic E-state index is 11.9. The van der Waals surface area contributed by atoms with E-state index in [1.54, 1.807) is 24.1 Å². The Hall–Kier alpha value is -1.50. The topological polar surface area (TPSA) is 78.9 Å². The first-order chi connectivity index (χ1) is 9.83. The minimum atomic E-state index is -0.891. The first-order valence-electron chi connectivity index (χ1n) is 6.37. The van der Waals surface area contributed by atoms with Gasteiger partial charge in [0.1, 0.15) is 5.75 Å². The Morgan fingerprint density at radius 1 is 1.41 bits per heavy atom. The highest BCUT2D eigenvalue weighted by Crippen LogP contribution is 2.30. The summed E-state index contributed by atoms with van der Waals surface area (Å²) in [7, 11) is 3.18. The van der Waals surface area contributed by atoms with Crippen molar-refractivity contribution in [3.8, 4) is 5.75 Å². The van der Waals surface area contributed by atoms with Gasteiger partial charge in [-0.3, -0.25) is 14.5 Å². The number of anilines is 1. The van der Waals surface area contributed by atoms with Crippen molar-refractivity contribution in [2.45, 2.75) is 13.3 Å². The molecule has 0 aliphatic carbocycles. The van der Waals surface area contributed by atoms with Crippen LogP contribution >= 0.6 is 24.0 Å². The molecule has 124 valence electrons. The molecule has 1 rings (SSSR count). The molecular formula is C14H20Cl2N2O4. The molecule has 0 atom stereocenters. The zero-order chi connectivity index (χ0) is 16.0. The summed E-state index contributed by atoms with van der Waals surface area (Å²) >= 11 is 6.00. The van der Waals surface area contributed by atoms with Crippen LogP contribution in [0.5, 0.6) is 5.75 Å². The molecule has 0 aliphatic heterocycles. The van der Waals surface area contributed by atoms with Gasteiger partial charge in [0.05, 0.1) is 25.8 Å². The Morgan fingerprint density at radius 2 is 2.05 bits per heavy atom. The number of hydrogen-bond acceptors (Lipinski definition) is 4. The van der Waals surface area contributed by atoms with Crippen molar-refractivity contribution in [3.63, 3.8) is 0 Å². The van der Waals surface area contributed by atoms with Gasteiger partial charge < -0.3 is 15.2 Å². The summed E-state index contributed by atoms with van der Waals surface area (Å²) < 4.78 is 5.18. The fourth-order valence-corrected chi connectivity index (χ4v) is 1.88. The molecule has 0 spiro atoms. The Balaban J connectivity index is 0.00000441. The quantitative estimate of drug-likeness (QED) is 0.789. The van der Waals surface area contributed by atoms with Crippen molar-refractivity contribution in [2.75, 3.05) is 32.6 Å². The van der Waals surface area contributed by atoms with Gasteiger partial charge in [-0.1, -0.05) is 11.6 Å². The molecule has 1 amide bonds. The molecule has 22 heavy (non-hydrogen) atoms. The van der Waals surface area contributed by atoms with E-state index in [-0.39, 0.29) is 31.3 Å². The summed E-state index contributed by atoms with van der Waals surface area (Å²) in [6, 6.07) is 3.37. The number of carboxylic acids is 1. The number of aryl methyl sites for hydroxylation is 1. The number of amides is 1. The van der Waals surface area contributed by atoms with Crippen LogP contribution in [0.3, 0.4) is 0 Å². The Morgan fingerprint density at radius 3 is 2.59 bits per heavy atom. The number of carbonyl (C=O) groups is 2. The molecule has 1 aromatic rings. The van der Waals surface area contributed by atoms with Crippen LogP contribution in [0.2, 0.25) is 5.02 Å². The van der Waals surface area contributed by atoms with Crippen molar-refractivity contribution < 1.29 is 19.4 Å². The Bertz CT molecular complexity index is 538. The number of nitrogens with zero attached hydrogens (tertiary/aromatic N) is 1. The van der Waals surface area contributed by atoms with E-state index in [1.165, 1.54) is 7.11 Å². The fourth-order valence-electron chi connectivity index (χ4n) is 1.73. The second-order valence-electron chi connectivity index (χ2n) is 4.73. The lowest BCUT2D eigenvalue weighted by Crippen LogP contribution is -2.31. The lowest BCUT2D eigenvalue weighted by atomic mass is 10.2. The van der Waals surface area contributed by atoms with E-state index < -0.39 is 5.97 Å². The molecule has 0 fully saturated rings. The second-order valence-corrected chi connectivity index (χ2v) is 5.14. The van der Waals surface area contributed by atoms with Gasteiger partial charge in [0.25, 0.3) is 0 Å². The highest BCUT2D eigenvalue weighted by Gasteiger charge is 2.12. The van der Waals surface area contributed by atoms with E-state index in [2.05, 4.69) is 5.32 Å². The van der Waals surface area contributed by atoms with Gasteiger partial charge >= 0.3 is 5.97 Å². The predicted molar refractivity (Wildman–Crippen MR) is 88.4 cm³/mol. The molecule has 0 unspecified atom stereocenters. The van der Waals surface area contributed by atoms with E-state index >= 15 is 0 Å². The maximum Gasteiger partial charge on any atom is 0.304 e. The SMILES string of the molecule is COc1cc(Cl)c(C)cc1NC(=O)CN(C)CCC(=O)O.Cl. The molecule has 0 saturated carbocycles. The van der Waals surface area contributed by atoms with Crippen LogP contribution in [0.4, 0.5) is 5.69 Å². The van der Waals surface area contributed by atoms with Crippen LogP contribution in [-0.4, -0.2) is 49.1 Å². The van der Waals surface area contributed by atoms with Gasteiger partial charge in [0.15, 0.2) is 0 Å². The number of rotatable bonds is 7. The number of benzene rings is 1. The predicted octanol–water partition coefficient (Wildman–Crippen LogP) is 2.42. The molecule has 0 radical (unpaired) electrons. The lowest BCUT2D eigenvalue weighted by Gasteiger charge is -2.16. The van der Waals surface area contributed by atoms with Crippen LogP contribution in [0.25, 0.3) is 0 Å². The van der Waals surface area contributed by atoms with E-state index in [0.717, 1.165) is 5.56 Å². The molecule has 0 aromatic heterocycles. The highest BCUT2D eigenvalue weighted by atomic mass is 35.5. The highest BCUT2D eigenvalue weighted by molar-refractivity contribution is 6.31. The second kappa shape index (κ2) is 9.50. The Labute approximate surface area is 140 Å². The van der Waals surface area contributed by atoms with Crippen molar-refractivity contribution >= 4 is 41.6 Å². The fraction of sp³-hybridized carbons (Fsp3) is 0.429. The van der Waals surface area contributed by atoms with Crippen LogP contribution in [0.15, 0.2) is 12.1 Å². The van der Waals surface area contributed by atoms with Gasteiger partial charge in [-0.15, -0.1) is 12.4 Å². The summed E-state index contributed by atoms with van der Waals surface area (Å²) in [5.41, 5.74) is 1.36. The summed E-state index contributed by atoms with van der Waals surface area (Å²) in [5, 5.41) is 11.9. The number of methoxy groups -OCH3 is 1. The molecule has 8 heteroatoms. The van der Waals surface area contributed by atoms with Crippen LogP contribution in [-0.2, 0) is 9.59 Å². The molecule has 2 N–H and O–H groups in total. The molecule has 0 aliphatic rings. The van der Waals surface area contributed by atoms with E-state index in [9.17, 15) is 9.59 Å². The summed E-state index contributed by atoms with van der Waals surface area (Å²) in [6.07, 6.45) is -0.00679. The average molecular weight is 351 g/mol. The van der Waals surface area contributed by atoms with Crippen molar-refractivity contribution in [2.24, 2.45) is 0 Å². The Kier molecular flexibility index (Phi) is 8.86. The number of likely N-dealkylation sites (N-methyl/N-ethyl adjacent to an activating group) is 1. The molecular weight excluding hydrogens is 331 g/mol. The zero-order valence-electron chi connectivity index (χ0n) is 12.7. The summed E-state index contributed by atoms with van der Waals surface area (Å²) in [5.74, 6) is -0.660. The molecule has 6 nitrogen and oxygen atoms in total. The molecule has 0 bridgehead atoms. The van der Waals surface area contributed by atoms with Gasteiger partial charge in [0, 0.05) is 17.6 Å². The molecule has 1 aromatic carbocycles. The molecule has 0 saturated heterocycles. The van der Waals surface area contributed by atoms with Gasteiger partial charge in [-0.2, -0.15) is 0 Å². The third-order valence-corrected chi connectivity index (χ3v) is 3.28. The first kappa shape index (κ1) is 20.5. The molecule has 0 heterocycles. The van der Waals surface area contributed by atoms with Gasteiger partial charge in [-0.25, -0.2) is 0 Å². The number of carboxylic acid groups (broad SMARTS) is 1. The number of halogens is 2. The number of carbonyl (C=O) groups excluding carboxylic acids is 1. The van der Waals surface area contributed by atoms with Gasteiger partial charge in [-0.05, 0) is 25.6 Å². The number of nitrogens with one attached hydrogen (secondary N) is 1. The minimum Gasteiger partial charge on any atom is -0.495 e. The van der Waals surface area contributed by atoms with E-state index in [4.69, 9.17) is 21.4 Å². The van der Waals surface area contributed by atoms with Crippen molar-refractivity contribution in [1.29, 1.82) is 0 Å². The van der Waals surface area contributed by atoms with Crippen LogP contribution in [0, 0.1) is 6.92 Å². The van der Waals surface area contributed by atoms with Crippen LogP contribution in [0.1, 0.15) is 12.0 Å². The van der Waals surface area contributed by atoms with Gasteiger partial charge in [0.2, 0.25) is 5.91 Å². The third kappa shape index (κ3) is 6.51. The maximum absolute atomic E-state index is 11.9. The number of ether oxygens (including phenoxy) is 1. The van der Waals surface area contributed by atoms with Crippen LogP contribution < -0.4 is 10.1 Å². The van der Waals surface area contributed by atoms with E-state index in [1.807, 2.05) is 6.92 Å². The standard InChI is InChI=1S/C14H19ClN2O4.ClH/c1-9-6-11(12(21-3)7-10(9)15)16-13(18)8-17(2)5-4-14(19)20;/h6-7H,4-5,8H2,1-3H3,(H,16,18)(H,19,20);1H. The largest absolute Gasteiger partial charge is 0.495 e. The minimum absolute atomic E-state index is 0. The smallest absolute Gasteiger partial charge is 0.304 e. The normalized spacial score (nSPS) is 10.0. The monoisotopic (exact) mass is 350 g/mol. The van der Waals surface area contributed by atoms with Crippen molar-refractivity contribution in [3.05, 3.63) is 22.7 Å². The lowest BCUT2D eigenvalue weighted by molar-refractivity contribution is -0.137. The zero-order valence-corrected chi connectivity index (χ0v) is 14.3. The summed E-state index contributed by atoms with van der Waals surface area (Å²) in [4.78, 5) is 24.1. The van der Waals surface area contributed by atoms with E-state index in [0.29, 0.717) is 23.0 Å². The average Bonchev–Trinajstić information content (AvgIpc) is 2.40.